The average Bonchev–Trinajstić information content (AvgIpc) is 2.07. The molecule has 0 amide bonds. The van der Waals surface area contributed by atoms with Crippen molar-refractivity contribution in [3.05, 3.63) is 35.6 Å². The predicted octanol–water partition coefficient (Wildman–Crippen LogP) is 1.26. The quantitative estimate of drug-likeness (QED) is 0.664. The summed E-state index contributed by atoms with van der Waals surface area (Å²) < 4.78 is 12.7. The van der Waals surface area contributed by atoms with E-state index in [1.165, 1.54) is 12.1 Å². The van der Waals surface area contributed by atoms with E-state index in [2.05, 4.69) is 10.6 Å². The highest BCUT2D eigenvalue weighted by molar-refractivity contribution is 5.19. The van der Waals surface area contributed by atoms with Crippen molar-refractivity contribution in [2.75, 3.05) is 14.1 Å². The van der Waals surface area contributed by atoms with Gasteiger partial charge in [-0.2, -0.15) is 0 Å². The van der Waals surface area contributed by atoms with E-state index in [0.717, 1.165) is 5.56 Å². The van der Waals surface area contributed by atoms with Crippen LogP contribution in [0.5, 0.6) is 0 Å². The van der Waals surface area contributed by atoms with Crippen LogP contribution >= 0.6 is 0 Å². The van der Waals surface area contributed by atoms with Crippen LogP contribution in [0.3, 0.4) is 0 Å². The lowest BCUT2D eigenvalue weighted by molar-refractivity contribution is 0.515. The molecule has 2 nitrogen and oxygen atoms in total. The van der Waals surface area contributed by atoms with Crippen molar-refractivity contribution < 1.29 is 4.39 Å². The zero-order chi connectivity index (χ0) is 8.97. The second-order valence-electron chi connectivity index (χ2n) is 2.57. The predicted molar refractivity (Wildman–Crippen MR) is 47.3 cm³/mol. The monoisotopic (exact) mass is 168 g/mol. The van der Waals surface area contributed by atoms with Crippen molar-refractivity contribution in [2.24, 2.45) is 0 Å². The average molecular weight is 168 g/mol. The Morgan fingerprint density at radius 2 is 1.92 bits per heavy atom. The fraction of sp³-hybridized carbons (Fsp3) is 0.333. The Morgan fingerprint density at radius 3 is 2.42 bits per heavy atom. The Kier molecular flexibility index (Phi) is 3.19. The molecule has 0 aliphatic rings. The van der Waals surface area contributed by atoms with Crippen LogP contribution in [-0.2, 0) is 0 Å². The molecule has 0 saturated carbocycles. The van der Waals surface area contributed by atoms with Crippen LogP contribution in [0.15, 0.2) is 24.3 Å². The van der Waals surface area contributed by atoms with Crippen LogP contribution in [0.4, 0.5) is 4.39 Å². The molecule has 3 heteroatoms. The van der Waals surface area contributed by atoms with E-state index < -0.39 is 0 Å². The highest BCUT2D eigenvalue weighted by Crippen LogP contribution is 2.10. The minimum Gasteiger partial charge on any atom is -0.301 e. The van der Waals surface area contributed by atoms with Crippen molar-refractivity contribution in [2.45, 2.75) is 6.17 Å². The molecule has 66 valence electrons. The normalized spacial score (nSPS) is 10.7. The molecule has 2 N–H and O–H groups in total. The zero-order valence-electron chi connectivity index (χ0n) is 7.26. The van der Waals surface area contributed by atoms with Crippen LogP contribution in [0.1, 0.15) is 11.7 Å². The van der Waals surface area contributed by atoms with Gasteiger partial charge in [-0.05, 0) is 31.8 Å². The van der Waals surface area contributed by atoms with Gasteiger partial charge in [0.15, 0.2) is 0 Å². The fourth-order valence-corrected chi connectivity index (χ4v) is 1.16. The summed E-state index contributed by atoms with van der Waals surface area (Å²) >= 11 is 0. The van der Waals surface area contributed by atoms with Crippen LogP contribution in [0, 0.1) is 5.82 Å². The van der Waals surface area contributed by atoms with Gasteiger partial charge in [0, 0.05) is 0 Å². The van der Waals surface area contributed by atoms with Gasteiger partial charge >= 0.3 is 0 Å². The Hall–Kier alpha value is -0.930. The minimum absolute atomic E-state index is 0.0145. The maximum atomic E-state index is 12.7. The van der Waals surface area contributed by atoms with Gasteiger partial charge in [-0.25, -0.2) is 4.39 Å². The summed E-state index contributed by atoms with van der Waals surface area (Å²) in [4.78, 5) is 0. The molecule has 1 aromatic rings. The van der Waals surface area contributed by atoms with E-state index in [1.54, 1.807) is 6.07 Å². The largest absolute Gasteiger partial charge is 0.301 e. The Balaban J connectivity index is 2.85. The van der Waals surface area contributed by atoms with Gasteiger partial charge in [-0.3, -0.25) is 0 Å². The van der Waals surface area contributed by atoms with Crippen LogP contribution < -0.4 is 10.6 Å². The molecule has 0 aromatic heterocycles. The first-order valence-electron chi connectivity index (χ1n) is 3.88. The summed E-state index contributed by atoms with van der Waals surface area (Å²) in [5.41, 5.74) is 0.903. The van der Waals surface area contributed by atoms with Crippen LogP contribution in [0.25, 0.3) is 0 Å². The van der Waals surface area contributed by atoms with E-state index in [4.69, 9.17) is 0 Å². The lowest BCUT2D eigenvalue weighted by Gasteiger charge is -2.14. The zero-order valence-corrected chi connectivity index (χ0v) is 7.26. The van der Waals surface area contributed by atoms with Gasteiger partial charge in [-0.1, -0.05) is 12.1 Å². The van der Waals surface area contributed by atoms with Crippen molar-refractivity contribution in [3.8, 4) is 0 Å². The van der Waals surface area contributed by atoms with E-state index in [1.807, 2.05) is 20.2 Å². The van der Waals surface area contributed by atoms with Gasteiger partial charge in [0.25, 0.3) is 0 Å². The second kappa shape index (κ2) is 4.18. The molecular formula is C9H13FN2. The molecule has 12 heavy (non-hydrogen) atoms. The first-order chi connectivity index (χ1) is 5.77. The molecule has 0 aliphatic heterocycles. The molecule has 1 rings (SSSR count). The summed E-state index contributed by atoms with van der Waals surface area (Å²) in [6, 6.07) is 6.52. The standard InChI is InChI=1S/C9H13FN2/c1-11-9(12-2)7-4-3-5-8(10)6-7/h3-6,9,11-12H,1-2H3. The van der Waals surface area contributed by atoms with Crippen LogP contribution in [-0.4, -0.2) is 14.1 Å². The third-order valence-corrected chi connectivity index (χ3v) is 1.76. The van der Waals surface area contributed by atoms with Crippen molar-refractivity contribution in [1.29, 1.82) is 0 Å². The third kappa shape index (κ3) is 2.03. The molecule has 0 bridgehead atoms. The number of hydrogen-bond acceptors (Lipinski definition) is 2. The topological polar surface area (TPSA) is 24.1 Å². The molecule has 0 aliphatic carbocycles. The van der Waals surface area contributed by atoms with Gasteiger partial charge < -0.3 is 10.6 Å². The highest BCUT2D eigenvalue weighted by Gasteiger charge is 2.05. The Labute approximate surface area is 71.8 Å². The van der Waals surface area contributed by atoms with Crippen LogP contribution in [0.2, 0.25) is 0 Å². The van der Waals surface area contributed by atoms with E-state index in [-0.39, 0.29) is 12.0 Å². The molecular weight excluding hydrogens is 155 g/mol. The lowest BCUT2D eigenvalue weighted by Crippen LogP contribution is -2.28. The van der Waals surface area contributed by atoms with E-state index in [9.17, 15) is 4.39 Å². The fourth-order valence-electron chi connectivity index (χ4n) is 1.16. The molecule has 0 radical (unpaired) electrons. The minimum atomic E-state index is -0.206. The number of rotatable bonds is 3. The maximum absolute atomic E-state index is 12.7. The number of benzene rings is 1. The molecule has 0 unspecified atom stereocenters. The molecule has 0 atom stereocenters. The molecule has 0 heterocycles. The summed E-state index contributed by atoms with van der Waals surface area (Å²) in [5.74, 6) is -0.206. The van der Waals surface area contributed by atoms with Gasteiger partial charge in [0.05, 0.1) is 6.17 Å². The van der Waals surface area contributed by atoms with Crippen molar-refractivity contribution >= 4 is 0 Å². The van der Waals surface area contributed by atoms with Crippen molar-refractivity contribution in [1.82, 2.24) is 10.6 Å². The molecule has 1 aromatic carbocycles. The van der Waals surface area contributed by atoms with Gasteiger partial charge in [-0.15, -0.1) is 0 Å². The van der Waals surface area contributed by atoms with Gasteiger partial charge in [0.1, 0.15) is 5.82 Å². The van der Waals surface area contributed by atoms with Gasteiger partial charge in [0.2, 0.25) is 0 Å². The smallest absolute Gasteiger partial charge is 0.123 e. The Bertz CT molecular complexity index is 246. The molecule has 0 saturated heterocycles. The maximum Gasteiger partial charge on any atom is 0.123 e. The number of nitrogens with one attached hydrogen (secondary N) is 2. The second-order valence-corrected chi connectivity index (χ2v) is 2.57. The number of halogens is 1. The lowest BCUT2D eigenvalue weighted by atomic mass is 10.2. The number of hydrogen-bond donors (Lipinski definition) is 2. The van der Waals surface area contributed by atoms with E-state index in [0.29, 0.717) is 0 Å². The first kappa shape index (κ1) is 9.16. The molecule has 0 fully saturated rings. The summed E-state index contributed by atoms with van der Waals surface area (Å²) in [7, 11) is 3.65. The Morgan fingerprint density at radius 1 is 1.25 bits per heavy atom. The summed E-state index contributed by atoms with van der Waals surface area (Å²) in [5, 5.41) is 6.03. The summed E-state index contributed by atoms with van der Waals surface area (Å²) in [6.07, 6.45) is 0.0145. The summed E-state index contributed by atoms with van der Waals surface area (Å²) in [6.45, 7) is 0. The third-order valence-electron chi connectivity index (χ3n) is 1.76. The first-order valence-corrected chi connectivity index (χ1v) is 3.88. The molecule has 0 spiro atoms. The van der Waals surface area contributed by atoms with Crippen molar-refractivity contribution in [3.63, 3.8) is 0 Å². The SMILES string of the molecule is CNC(NC)c1cccc(F)c1. The highest BCUT2D eigenvalue weighted by atomic mass is 19.1. The van der Waals surface area contributed by atoms with E-state index >= 15 is 0 Å².